The van der Waals surface area contributed by atoms with Crippen molar-refractivity contribution in [2.24, 2.45) is 5.92 Å². The van der Waals surface area contributed by atoms with Crippen LogP contribution in [0, 0.1) is 5.92 Å². The molecule has 1 saturated carbocycles. The highest BCUT2D eigenvalue weighted by Crippen LogP contribution is 2.51. The minimum Gasteiger partial charge on any atom is -0.389 e. The van der Waals surface area contributed by atoms with Crippen LogP contribution in [0.5, 0.6) is 0 Å². The third-order valence-electron chi connectivity index (χ3n) is 3.28. The van der Waals surface area contributed by atoms with Crippen LogP contribution < -0.4 is 0 Å². The average Bonchev–Trinajstić information content (AvgIpc) is 2.70. The summed E-state index contributed by atoms with van der Waals surface area (Å²) in [4.78, 5) is 0. The van der Waals surface area contributed by atoms with Gasteiger partial charge in [0.2, 0.25) is 0 Å². The molecule has 0 amide bonds. The van der Waals surface area contributed by atoms with Crippen LogP contribution in [0.3, 0.4) is 0 Å². The Hall–Kier alpha value is -0.820. The predicted molar refractivity (Wildman–Crippen MR) is 46.9 cm³/mol. The molecular weight excluding hydrogens is 148 g/mol. The van der Waals surface area contributed by atoms with Gasteiger partial charge in [0.25, 0.3) is 0 Å². The topological polar surface area (TPSA) is 20.2 Å². The Morgan fingerprint density at radius 1 is 1.25 bits per heavy atom. The van der Waals surface area contributed by atoms with Gasteiger partial charge in [-0.05, 0) is 29.9 Å². The maximum absolute atomic E-state index is 9.90. The quantitative estimate of drug-likeness (QED) is 0.610. The summed E-state index contributed by atoms with van der Waals surface area (Å²) >= 11 is 0. The maximum atomic E-state index is 9.90. The summed E-state index contributed by atoms with van der Waals surface area (Å²) in [7, 11) is 0. The van der Waals surface area contributed by atoms with E-state index in [-0.39, 0.29) is 5.60 Å². The third-order valence-corrected chi connectivity index (χ3v) is 3.28. The normalized spacial score (nSPS) is 36.9. The fourth-order valence-electron chi connectivity index (χ4n) is 2.37. The molecule has 0 saturated heterocycles. The highest BCUT2D eigenvalue weighted by atomic mass is 16.3. The molecule has 12 heavy (non-hydrogen) atoms. The fourth-order valence-corrected chi connectivity index (χ4v) is 2.37. The van der Waals surface area contributed by atoms with Crippen LogP contribution in [0.25, 0.3) is 0 Å². The summed E-state index contributed by atoms with van der Waals surface area (Å²) in [5, 5.41) is 9.90. The molecule has 3 rings (SSSR count). The Labute approximate surface area is 72.0 Å². The van der Waals surface area contributed by atoms with Gasteiger partial charge in [-0.15, -0.1) is 0 Å². The van der Waals surface area contributed by atoms with Crippen molar-refractivity contribution in [1.29, 1.82) is 0 Å². The van der Waals surface area contributed by atoms with Gasteiger partial charge in [0, 0.05) is 6.42 Å². The molecule has 0 bridgehead atoms. The number of rotatable bonds is 0. The van der Waals surface area contributed by atoms with Crippen LogP contribution >= 0.6 is 0 Å². The van der Waals surface area contributed by atoms with Crippen LogP contribution in [0.15, 0.2) is 24.3 Å². The van der Waals surface area contributed by atoms with Crippen molar-refractivity contribution in [3.63, 3.8) is 0 Å². The smallest absolute Gasteiger partial charge is 0.0724 e. The second-order valence-corrected chi connectivity index (χ2v) is 4.15. The summed E-state index contributed by atoms with van der Waals surface area (Å²) in [5.74, 6) is 0.562. The van der Waals surface area contributed by atoms with Crippen molar-refractivity contribution in [1.82, 2.24) is 0 Å². The zero-order valence-electron chi connectivity index (χ0n) is 6.96. The Kier molecular flexibility index (Phi) is 1.06. The van der Waals surface area contributed by atoms with Crippen molar-refractivity contribution in [2.45, 2.75) is 24.9 Å². The molecule has 2 aliphatic carbocycles. The molecule has 1 fully saturated rings. The van der Waals surface area contributed by atoms with Gasteiger partial charge in [0.15, 0.2) is 0 Å². The van der Waals surface area contributed by atoms with Crippen molar-refractivity contribution >= 4 is 0 Å². The summed E-state index contributed by atoms with van der Waals surface area (Å²) in [5.41, 5.74) is 2.49. The molecular formula is C11H12O. The van der Waals surface area contributed by atoms with Gasteiger partial charge in [-0.1, -0.05) is 24.3 Å². The monoisotopic (exact) mass is 160 g/mol. The van der Waals surface area contributed by atoms with E-state index in [1.54, 1.807) is 0 Å². The van der Waals surface area contributed by atoms with E-state index in [1.807, 2.05) is 0 Å². The van der Waals surface area contributed by atoms with Gasteiger partial charge in [0.05, 0.1) is 5.60 Å². The zero-order valence-corrected chi connectivity index (χ0v) is 6.96. The van der Waals surface area contributed by atoms with Gasteiger partial charge in [-0.2, -0.15) is 0 Å². The number of hydrogen-bond donors (Lipinski definition) is 1. The summed E-state index contributed by atoms with van der Waals surface area (Å²) in [6, 6.07) is 8.48. The molecule has 1 N–H and O–H groups in total. The summed E-state index contributed by atoms with van der Waals surface area (Å²) in [6.45, 7) is 0. The minimum absolute atomic E-state index is 0.311. The molecule has 1 nitrogen and oxygen atoms in total. The average molecular weight is 160 g/mol. The molecule has 1 aromatic carbocycles. The van der Waals surface area contributed by atoms with E-state index in [1.165, 1.54) is 11.1 Å². The van der Waals surface area contributed by atoms with Gasteiger partial charge in [0.1, 0.15) is 0 Å². The minimum atomic E-state index is -0.311. The fraction of sp³-hybridized carbons (Fsp3) is 0.455. The third kappa shape index (κ3) is 0.774. The van der Waals surface area contributed by atoms with E-state index in [9.17, 15) is 5.11 Å². The first-order valence-corrected chi connectivity index (χ1v) is 4.57. The second kappa shape index (κ2) is 1.91. The van der Waals surface area contributed by atoms with Crippen LogP contribution in [0.4, 0.5) is 0 Å². The lowest BCUT2D eigenvalue weighted by Crippen LogP contribution is -2.21. The van der Waals surface area contributed by atoms with Crippen LogP contribution in [-0.2, 0) is 12.8 Å². The lowest BCUT2D eigenvalue weighted by Gasteiger charge is -2.19. The Bertz CT molecular complexity index is 332. The second-order valence-electron chi connectivity index (χ2n) is 4.15. The molecule has 0 unspecified atom stereocenters. The van der Waals surface area contributed by atoms with E-state index in [0.29, 0.717) is 5.92 Å². The van der Waals surface area contributed by atoms with Crippen LogP contribution in [0.1, 0.15) is 17.5 Å². The molecule has 62 valence electrons. The largest absolute Gasteiger partial charge is 0.389 e. The van der Waals surface area contributed by atoms with E-state index in [4.69, 9.17) is 0 Å². The summed E-state index contributed by atoms with van der Waals surface area (Å²) < 4.78 is 0. The van der Waals surface area contributed by atoms with E-state index >= 15 is 0 Å². The van der Waals surface area contributed by atoms with Crippen molar-refractivity contribution < 1.29 is 5.11 Å². The highest BCUT2D eigenvalue weighted by Gasteiger charge is 2.54. The lowest BCUT2D eigenvalue weighted by molar-refractivity contribution is 0.126. The number of aliphatic hydroxyl groups is 1. The first-order valence-electron chi connectivity index (χ1n) is 4.57. The van der Waals surface area contributed by atoms with E-state index in [0.717, 1.165) is 19.3 Å². The predicted octanol–water partition coefficient (Wildman–Crippen LogP) is 1.54. The van der Waals surface area contributed by atoms with E-state index < -0.39 is 0 Å². The first kappa shape index (κ1) is 6.67. The van der Waals surface area contributed by atoms with Crippen molar-refractivity contribution in [3.8, 4) is 0 Å². The van der Waals surface area contributed by atoms with Gasteiger partial charge in [-0.25, -0.2) is 0 Å². The molecule has 1 aromatic rings. The maximum Gasteiger partial charge on any atom is 0.0724 e. The first-order chi connectivity index (χ1) is 5.78. The van der Waals surface area contributed by atoms with Gasteiger partial charge < -0.3 is 5.11 Å². The van der Waals surface area contributed by atoms with Crippen LogP contribution in [0.2, 0.25) is 0 Å². The standard InChI is InChI=1S/C11H12O/c12-11-6-9-4-2-1-3-8(9)5-10(11)7-11/h1-4,10,12H,5-7H2/t10-,11-/m0/s1. The zero-order chi connectivity index (χ0) is 8.18. The van der Waals surface area contributed by atoms with E-state index in [2.05, 4.69) is 24.3 Å². The number of hydrogen-bond acceptors (Lipinski definition) is 1. The van der Waals surface area contributed by atoms with Crippen molar-refractivity contribution in [3.05, 3.63) is 35.4 Å². The number of fused-ring (bicyclic) bond motifs is 2. The Morgan fingerprint density at radius 2 is 2.00 bits per heavy atom. The summed E-state index contributed by atoms with van der Waals surface area (Å²) in [6.07, 6.45) is 2.99. The molecule has 0 spiro atoms. The molecule has 0 aromatic heterocycles. The molecule has 0 aliphatic heterocycles. The molecule has 0 heterocycles. The number of benzene rings is 1. The molecule has 2 aliphatic rings. The molecule has 1 heteroatoms. The van der Waals surface area contributed by atoms with Gasteiger partial charge in [-0.3, -0.25) is 0 Å². The van der Waals surface area contributed by atoms with Crippen LogP contribution in [-0.4, -0.2) is 10.7 Å². The lowest BCUT2D eigenvalue weighted by atomic mass is 9.90. The Balaban J connectivity index is 2.06. The SMILES string of the molecule is O[C@]12Cc3ccccc3C[C@H]1C2. The highest BCUT2D eigenvalue weighted by molar-refractivity contribution is 5.36. The molecule has 0 radical (unpaired) electrons. The van der Waals surface area contributed by atoms with Gasteiger partial charge >= 0.3 is 0 Å². The Morgan fingerprint density at radius 3 is 2.83 bits per heavy atom. The molecule has 2 atom stereocenters. The van der Waals surface area contributed by atoms with Crippen molar-refractivity contribution in [2.75, 3.05) is 0 Å².